The molecule has 2 nitrogen and oxygen atoms in total. The average Bonchev–Trinajstić information content (AvgIpc) is 2.77. The van der Waals surface area contributed by atoms with Gasteiger partial charge in [0.2, 0.25) is 5.90 Å². The number of hydrogen-bond donors (Lipinski definition) is 0. The molecule has 0 saturated heterocycles. The average molecular weight is 336 g/mol. The molecule has 0 unspecified atom stereocenters. The third kappa shape index (κ3) is 3.11. The van der Waals surface area contributed by atoms with E-state index < -0.39 is 11.7 Å². The molecule has 0 aromatic heterocycles. The molecule has 0 radical (unpaired) electrons. The van der Waals surface area contributed by atoms with E-state index in [-0.39, 0.29) is 16.4 Å². The molecule has 0 fully saturated rings. The van der Waals surface area contributed by atoms with Crippen LogP contribution in [0.25, 0.3) is 0 Å². The zero-order valence-corrected chi connectivity index (χ0v) is 12.0. The lowest BCUT2D eigenvalue weighted by molar-refractivity contribution is -0.138. The van der Waals surface area contributed by atoms with Crippen LogP contribution >= 0.6 is 15.9 Å². The number of aliphatic imine (C=N–C) groups is 1. The van der Waals surface area contributed by atoms with Gasteiger partial charge in [0.25, 0.3) is 0 Å². The molecule has 0 N–H and O–H groups in total. The van der Waals surface area contributed by atoms with Gasteiger partial charge in [0.05, 0.1) is 11.6 Å². The zero-order valence-electron chi connectivity index (χ0n) is 10.5. The highest BCUT2D eigenvalue weighted by atomic mass is 79.9. The fourth-order valence-electron chi connectivity index (χ4n) is 1.76. The standard InChI is InChI=1S/C13H13BrF3NO/c1-7(2)11-6-19-12(18-11)8-3-4-10(14)9(5-8)13(15,16)17/h3-5,7,11H,6H2,1-2H3/t11-/m1/s1. The molecule has 0 amide bonds. The van der Waals surface area contributed by atoms with E-state index in [1.54, 1.807) is 6.07 Å². The molecule has 1 heterocycles. The molecule has 2 rings (SSSR count). The predicted molar refractivity (Wildman–Crippen MR) is 70.3 cm³/mol. The summed E-state index contributed by atoms with van der Waals surface area (Å²) in [7, 11) is 0. The normalized spacial score (nSPS) is 19.5. The summed E-state index contributed by atoms with van der Waals surface area (Å²) in [6, 6.07) is 4.01. The molecule has 1 aromatic carbocycles. The van der Waals surface area contributed by atoms with Crippen LogP contribution in [-0.4, -0.2) is 18.5 Å². The maximum absolute atomic E-state index is 12.8. The number of rotatable bonds is 2. The minimum atomic E-state index is -4.40. The van der Waals surface area contributed by atoms with Crippen molar-refractivity contribution < 1.29 is 17.9 Å². The highest BCUT2D eigenvalue weighted by Gasteiger charge is 2.34. The van der Waals surface area contributed by atoms with Crippen LogP contribution in [0.15, 0.2) is 27.7 Å². The van der Waals surface area contributed by atoms with Crippen molar-refractivity contribution in [1.29, 1.82) is 0 Å². The Hall–Kier alpha value is -1.04. The van der Waals surface area contributed by atoms with Gasteiger partial charge in [-0.25, -0.2) is 4.99 Å². The van der Waals surface area contributed by atoms with Gasteiger partial charge in [0.1, 0.15) is 6.61 Å². The summed E-state index contributed by atoms with van der Waals surface area (Å²) in [6.45, 7) is 4.43. The first-order valence-electron chi connectivity index (χ1n) is 5.86. The number of nitrogens with zero attached hydrogens (tertiary/aromatic N) is 1. The summed E-state index contributed by atoms with van der Waals surface area (Å²) in [5.74, 6) is 0.590. The topological polar surface area (TPSA) is 21.6 Å². The van der Waals surface area contributed by atoms with Gasteiger partial charge in [-0.3, -0.25) is 0 Å². The maximum atomic E-state index is 12.8. The summed E-state index contributed by atoms with van der Waals surface area (Å²) in [5.41, 5.74) is -0.358. The van der Waals surface area contributed by atoms with E-state index in [0.29, 0.717) is 18.1 Å². The van der Waals surface area contributed by atoms with Crippen molar-refractivity contribution in [2.75, 3.05) is 6.61 Å². The Morgan fingerprint density at radius 2 is 2.05 bits per heavy atom. The van der Waals surface area contributed by atoms with Gasteiger partial charge >= 0.3 is 6.18 Å². The van der Waals surface area contributed by atoms with Crippen LogP contribution in [0.3, 0.4) is 0 Å². The SMILES string of the molecule is CC(C)[C@H]1COC(c2ccc(Br)c(C(F)(F)F)c2)=N1. The third-order valence-corrected chi connectivity index (χ3v) is 3.65. The molecule has 104 valence electrons. The number of halogens is 4. The second-order valence-electron chi connectivity index (χ2n) is 4.75. The molecule has 1 atom stereocenters. The Labute approximate surface area is 117 Å². The first-order chi connectivity index (χ1) is 8.79. The fourth-order valence-corrected chi connectivity index (χ4v) is 2.24. The largest absolute Gasteiger partial charge is 0.475 e. The van der Waals surface area contributed by atoms with Crippen LogP contribution in [0.4, 0.5) is 13.2 Å². The third-order valence-electron chi connectivity index (χ3n) is 2.96. The quantitative estimate of drug-likeness (QED) is 0.790. The summed E-state index contributed by atoms with van der Waals surface area (Å²) < 4.78 is 43.8. The van der Waals surface area contributed by atoms with E-state index in [1.165, 1.54) is 6.07 Å². The Morgan fingerprint density at radius 3 is 2.58 bits per heavy atom. The predicted octanol–water partition coefficient (Wildman–Crippen LogP) is 4.27. The van der Waals surface area contributed by atoms with Crippen molar-refractivity contribution in [2.45, 2.75) is 26.1 Å². The molecule has 0 bridgehead atoms. The van der Waals surface area contributed by atoms with Gasteiger partial charge in [0, 0.05) is 10.0 Å². The first kappa shape index (κ1) is 14.4. The first-order valence-corrected chi connectivity index (χ1v) is 6.66. The maximum Gasteiger partial charge on any atom is 0.417 e. The van der Waals surface area contributed by atoms with E-state index in [4.69, 9.17) is 4.74 Å². The van der Waals surface area contributed by atoms with E-state index in [1.807, 2.05) is 13.8 Å². The van der Waals surface area contributed by atoms with Crippen LogP contribution in [0, 0.1) is 5.92 Å². The van der Waals surface area contributed by atoms with Crippen LogP contribution in [0.5, 0.6) is 0 Å². The van der Waals surface area contributed by atoms with Gasteiger partial charge in [-0.05, 0) is 24.1 Å². The number of hydrogen-bond acceptors (Lipinski definition) is 2. The molecular weight excluding hydrogens is 323 g/mol. The monoisotopic (exact) mass is 335 g/mol. The van der Waals surface area contributed by atoms with Gasteiger partial charge in [0.15, 0.2) is 0 Å². The molecule has 0 saturated carbocycles. The van der Waals surface area contributed by atoms with E-state index in [9.17, 15) is 13.2 Å². The Bertz CT molecular complexity index is 511. The Morgan fingerprint density at radius 1 is 1.37 bits per heavy atom. The molecule has 1 aliphatic heterocycles. The summed E-state index contributed by atoms with van der Waals surface area (Å²) in [6.07, 6.45) is -4.40. The Kier molecular flexibility index (Phi) is 3.90. The van der Waals surface area contributed by atoms with Crippen LogP contribution in [-0.2, 0) is 10.9 Å². The molecule has 6 heteroatoms. The van der Waals surface area contributed by atoms with Crippen molar-refractivity contribution in [3.8, 4) is 0 Å². The van der Waals surface area contributed by atoms with Gasteiger partial charge in [-0.15, -0.1) is 0 Å². The lowest BCUT2D eigenvalue weighted by Gasteiger charge is -2.10. The summed E-state index contributed by atoms with van der Waals surface area (Å²) in [5, 5.41) is 0. The lowest BCUT2D eigenvalue weighted by Crippen LogP contribution is -2.13. The molecular formula is C13H13BrF3NO. The smallest absolute Gasteiger partial charge is 0.417 e. The van der Waals surface area contributed by atoms with Gasteiger partial charge in [-0.1, -0.05) is 29.8 Å². The molecule has 1 aromatic rings. The fraction of sp³-hybridized carbons (Fsp3) is 0.462. The van der Waals surface area contributed by atoms with Gasteiger partial charge in [-0.2, -0.15) is 13.2 Å². The minimum absolute atomic E-state index is 0.00739. The molecule has 0 aliphatic carbocycles. The second-order valence-corrected chi connectivity index (χ2v) is 5.60. The van der Waals surface area contributed by atoms with Crippen molar-refractivity contribution in [2.24, 2.45) is 10.9 Å². The van der Waals surface area contributed by atoms with Crippen LogP contribution in [0.2, 0.25) is 0 Å². The van der Waals surface area contributed by atoms with Gasteiger partial charge < -0.3 is 4.74 Å². The summed E-state index contributed by atoms with van der Waals surface area (Å²) in [4.78, 5) is 4.32. The van der Waals surface area contributed by atoms with Crippen LogP contribution < -0.4 is 0 Å². The van der Waals surface area contributed by atoms with Crippen molar-refractivity contribution in [1.82, 2.24) is 0 Å². The summed E-state index contributed by atoms with van der Waals surface area (Å²) >= 11 is 2.91. The number of ether oxygens (including phenoxy) is 1. The van der Waals surface area contributed by atoms with E-state index in [0.717, 1.165) is 6.07 Å². The van der Waals surface area contributed by atoms with E-state index >= 15 is 0 Å². The zero-order chi connectivity index (χ0) is 14.2. The van der Waals surface area contributed by atoms with Crippen molar-refractivity contribution in [3.63, 3.8) is 0 Å². The highest BCUT2D eigenvalue weighted by molar-refractivity contribution is 9.10. The highest BCUT2D eigenvalue weighted by Crippen LogP contribution is 2.35. The second kappa shape index (κ2) is 5.15. The van der Waals surface area contributed by atoms with Crippen molar-refractivity contribution >= 4 is 21.8 Å². The number of alkyl halides is 3. The van der Waals surface area contributed by atoms with E-state index in [2.05, 4.69) is 20.9 Å². The molecule has 19 heavy (non-hydrogen) atoms. The minimum Gasteiger partial charge on any atom is -0.475 e. The van der Waals surface area contributed by atoms with Crippen LogP contribution in [0.1, 0.15) is 25.0 Å². The van der Waals surface area contributed by atoms with Crippen molar-refractivity contribution in [3.05, 3.63) is 33.8 Å². The number of benzene rings is 1. The molecule has 0 spiro atoms. The Balaban J connectivity index is 2.35. The lowest BCUT2D eigenvalue weighted by atomic mass is 10.1. The molecule has 1 aliphatic rings.